The fourth-order valence-electron chi connectivity index (χ4n) is 5.51. The molecule has 0 bridgehead atoms. The highest BCUT2D eigenvalue weighted by Crippen LogP contribution is 2.34. The molecule has 1 aliphatic heterocycles. The fraction of sp³-hybridized carbons (Fsp3) is 0.171. The number of esters is 4. The van der Waals surface area contributed by atoms with Gasteiger partial charge in [-0.05, 0) is 67.6 Å². The van der Waals surface area contributed by atoms with Gasteiger partial charge in [-0.25, -0.2) is 19.2 Å². The standard InChI is InChI=1S/C41H34O10S/c1-27-22-24-32(25-23-27)52(46)41-36(51-40(45)31-20-12-5-13-21-31)35(50-39(44)30-18-10-4-11-19-30)34(49-38(43)29-16-8-3-9-17-29)33(48-41)26-47-37(42)28-14-6-2-7-15-28/h2-25,33-36,41H,26H2,1H3/t33-,34+,35+,36-,41+,52?/m1/s1. The Morgan fingerprint density at radius 3 is 1.35 bits per heavy atom. The number of carbonyl (C=O) groups is 4. The van der Waals surface area contributed by atoms with E-state index in [1.54, 1.807) is 109 Å². The number of carbonyl (C=O) groups excluding carboxylic acids is 4. The zero-order valence-electron chi connectivity index (χ0n) is 27.9. The van der Waals surface area contributed by atoms with Crippen LogP contribution in [0.4, 0.5) is 0 Å². The van der Waals surface area contributed by atoms with Crippen LogP contribution in [-0.4, -0.2) is 64.5 Å². The minimum atomic E-state index is -2.07. The number of benzene rings is 5. The lowest BCUT2D eigenvalue weighted by Crippen LogP contribution is -2.63. The van der Waals surface area contributed by atoms with Crippen LogP contribution in [0.25, 0.3) is 0 Å². The Morgan fingerprint density at radius 2 is 0.904 bits per heavy atom. The zero-order valence-corrected chi connectivity index (χ0v) is 28.8. The van der Waals surface area contributed by atoms with Gasteiger partial charge in [-0.15, -0.1) is 0 Å². The van der Waals surface area contributed by atoms with Crippen LogP contribution in [0.3, 0.4) is 0 Å². The fourth-order valence-corrected chi connectivity index (χ4v) is 6.88. The monoisotopic (exact) mass is 718 g/mol. The smallest absolute Gasteiger partial charge is 0.338 e. The molecule has 0 amide bonds. The Labute approximate surface area is 302 Å². The Bertz CT molecular complexity index is 2010. The van der Waals surface area contributed by atoms with Crippen LogP contribution in [0, 0.1) is 6.92 Å². The number of hydrogen-bond acceptors (Lipinski definition) is 10. The minimum absolute atomic E-state index is 0.151. The van der Waals surface area contributed by atoms with Crippen molar-refractivity contribution < 1.29 is 47.1 Å². The second-order valence-electron chi connectivity index (χ2n) is 11.8. The molecule has 1 fully saturated rings. The highest BCUT2D eigenvalue weighted by molar-refractivity contribution is 7.85. The highest BCUT2D eigenvalue weighted by atomic mass is 32.2. The van der Waals surface area contributed by atoms with E-state index in [-0.39, 0.29) is 22.3 Å². The van der Waals surface area contributed by atoms with Gasteiger partial charge in [0, 0.05) is 4.90 Å². The van der Waals surface area contributed by atoms with Crippen molar-refractivity contribution in [1.82, 2.24) is 0 Å². The zero-order chi connectivity index (χ0) is 36.5. The summed E-state index contributed by atoms with van der Waals surface area (Å²) in [5.41, 5.74) is 0.143. The third-order valence-electron chi connectivity index (χ3n) is 8.20. The predicted molar refractivity (Wildman–Crippen MR) is 190 cm³/mol. The molecule has 1 unspecified atom stereocenters. The molecule has 11 heteroatoms. The number of aryl methyl sites for hydroxylation is 1. The first-order chi connectivity index (χ1) is 25.3. The van der Waals surface area contributed by atoms with Gasteiger partial charge in [0.1, 0.15) is 12.7 Å². The van der Waals surface area contributed by atoms with E-state index in [1.807, 2.05) is 6.92 Å². The molecule has 1 heterocycles. The Kier molecular flexibility index (Phi) is 11.6. The summed E-state index contributed by atoms with van der Waals surface area (Å²) in [6.45, 7) is 1.36. The van der Waals surface area contributed by atoms with Crippen LogP contribution >= 0.6 is 0 Å². The van der Waals surface area contributed by atoms with Crippen LogP contribution < -0.4 is 0 Å². The van der Waals surface area contributed by atoms with Gasteiger partial charge in [0.15, 0.2) is 23.7 Å². The molecule has 0 N–H and O–H groups in total. The van der Waals surface area contributed by atoms with Crippen molar-refractivity contribution in [3.8, 4) is 0 Å². The number of hydrogen-bond donors (Lipinski definition) is 0. The molecule has 10 nitrogen and oxygen atoms in total. The van der Waals surface area contributed by atoms with Crippen LogP contribution in [0.1, 0.15) is 47.0 Å². The van der Waals surface area contributed by atoms with E-state index in [0.717, 1.165) is 5.56 Å². The molecule has 5 aromatic rings. The molecular formula is C41H34O10S. The van der Waals surface area contributed by atoms with Gasteiger partial charge in [-0.1, -0.05) is 90.5 Å². The first-order valence-corrected chi connectivity index (χ1v) is 17.6. The lowest BCUT2D eigenvalue weighted by atomic mass is 9.98. The maximum absolute atomic E-state index is 14.4. The molecule has 1 saturated heterocycles. The molecule has 5 aromatic carbocycles. The Hall–Kier alpha value is -5.91. The molecule has 0 aromatic heterocycles. The molecule has 1 aliphatic rings. The van der Waals surface area contributed by atoms with E-state index in [9.17, 15) is 23.4 Å². The molecule has 52 heavy (non-hydrogen) atoms. The summed E-state index contributed by atoms with van der Waals surface area (Å²) < 4.78 is 44.6. The third-order valence-corrected chi connectivity index (χ3v) is 9.74. The van der Waals surface area contributed by atoms with E-state index < -0.39 is 71.1 Å². The van der Waals surface area contributed by atoms with Gasteiger partial charge in [-0.2, -0.15) is 0 Å². The predicted octanol–water partition coefficient (Wildman–Crippen LogP) is 6.36. The van der Waals surface area contributed by atoms with E-state index in [4.69, 9.17) is 23.7 Å². The van der Waals surface area contributed by atoms with E-state index >= 15 is 0 Å². The molecule has 0 saturated carbocycles. The van der Waals surface area contributed by atoms with Crippen LogP contribution in [0.15, 0.2) is 150 Å². The van der Waals surface area contributed by atoms with Crippen LogP contribution in [0.2, 0.25) is 0 Å². The summed E-state index contributed by atoms with van der Waals surface area (Å²) in [7, 11) is -2.07. The summed E-state index contributed by atoms with van der Waals surface area (Å²) in [6.07, 6.45) is -6.05. The van der Waals surface area contributed by atoms with Crippen molar-refractivity contribution in [1.29, 1.82) is 0 Å². The lowest BCUT2D eigenvalue weighted by Gasteiger charge is -2.44. The molecular weight excluding hydrogens is 685 g/mol. The van der Waals surface area contributed by atoms with Crippen LogP contribution in [0.5, 0.6) is 0 Å². The minimum Gasteiger partial charge on any atom is -0.459 e. The van der Waals surface area contributed by atoms with Crippen molar-refractivity contribution in [2.45, 2.75) is 41.7 Å². The van der Waals surface area contributed by atoms with Crippen molar-refractivity contribution in [3.63, 3.8) is 0 Å². The first kappa shape index (κ1) is 35.9. The topological polar surface area (TPSA) is 132 Å². The largest absolute Gasteiger partial charge is 0.459 e. The van der Waals surface area contributed by atoms with E-state index in [1.165, 1.54) is 36.4 Å². The first-order valence-electron chi connectivity index (χ1n) is 16.4. The number of rotatable bonds is 11. The van der Waals surface area contributed by atoms with Gasteiger partial charge in [0.25, 0.3) is 0 Å². The van der Waals surface area contributed by atoms with Gasteiger partial charge in [-0.3, -0.25) is 4.21 Å². The SMILES string of the molecule is Cc1ccc(S(=O)[C@@H]2O[C@H](COC(=O)c3ccccc3)[C@H](OC(=O)c3ccccc3)[C@H](OC(=O)c3ccccc3)[C@H]2OC(=O)c2ccccc2)cc1. The van der Waals surface area contributed by atoms with Crippen molar-refractivity contribution in [2.24, 2.45) is 0 Å². The van der Waals surface area contributed by atoms with Crippen LogP contribution in [-0.2, 0) is 34.5 Å². The molecule has 0 spiro atoms. The highest BCUT2D eigenvalue weighted by Gasteiger charge is 2.55. The van der Waals surface area contributed by atoms with Gasteiger partial charge in [0.2, 0.25) is 0 Å². The average Bonchev–Trinajstić information content (AvgIpc) is 3.19. The quantitative estimate of drug-likeness (QED) is 0.112. The normalized spacial score (nSPS) is 20.1. The molecule has 0 aliphatic carbocycles. The molecule has 0 radical (unpaired) electrons. The Balaban J connectivity index is 1.44. The Morgan fingerprint density at radius 1 is 0.519 bits per heavy atom. The van der Waals surface area contributed by atoms with Gasteiger partial charge >= 0.3 is 23.9 Å². The van der Waals surface area contributed by atoms with Gasteiger partial charge in [0.05, 0.1) is 33.1 Å². The second kappa shape index (κ2) is 16.9. The van der Waals surface area contributed by atoms with E-state index in [2.05, 4.69) is 0 Å². The van der Waals surface area contributed by atoms with Crippen molar-refractivity contribution in [3.05, 3.63) is 173 Å². The summed E-state index contributed by atoms with van der Waals surface area (Å²) in [4.78, 5) is 54.5. The average molecular weight is 719 g/mol. The van der Waals surface area contributed by atoms with Crippen molar-refractivity contribution in [2.75, 3.05) is 6.61 Å². The summed E-state index contributed by atoms with van der Waals surface area (Å²) >= 11 is 0. The molecule has 6 rings (SSSR count). The maximum atomic E-state index is 14.4. The summed E-state index contributed by atoms with van der Waals surface area (Å²) in [5.74, 6) is -3.19. The van der Waals surface area contributed by atoms with Gasteiger partial charge < -0.3 is 23.7 Å². The number of ether oxygens (including phenoxy) is 5. The van der Waals surface area contributed by atoms with E-state index in [0.29, 0.717) is 4.90 Å². The third kappa shape index (κ3) is 8.68. The summed E-state index contributed by atoms with van der Waals surface area (Å²) in [6, 6.07) is 39.2. The summed E-state index contributed by atoms with van der Waals surface area (Å²) in [5, 5.41) is 0. The molecule has 6 atom stereocenters. The maximum Gasteiger partial charge on any atom is 0.338 e. The lowest BCUT2D eigenvalue weighted by molar-refractivity contribution is -0.208. The molecule has 264 valence electrons. The van der Waals surface area contributed by atoms with Crippen molar-refractivity contribution >= 4 is 34.7 Å². The second-order valence-corrected chi connectivity index (χ2v) is 13.4.